The molecule has 0 amide bonds. The monoisotopic (exact) mass is 303 g/mol. The number of ether oxygens (including phenoxy) is 2. The van der Waals surface area contributed by atoms with E-state index in [1.54, 1.807) is 20.9 Å². The molecule has 6 heteroatoms. The highest BCUT2D eigenvalue weighted by Gasteiger charge is 2.24. The molecular formula is C11H14BrNO4. The topological polar surface area (TPSA) is 57.5 Å². The minimum absolute atomic E-state index is 0.0107. The van der Waals surface area contributed by atoms with Crippen molar-refractivity contribution in [1.29, 1.82) is 0 Å². The summed E-state index contributed by atoms with van der Waals surface area (Å²) in [5, 5.41) is 0. The van der Waals surface area contributed by atoms with E-state index in [1.807, 2.05) is 0 Å². The van der Waals surface area contributed by atoms with Gasteiger partial charge in [-0.2, -0.15) is 0 Å². The molecule has 0 aliphatic rings. The molecule has 1 rings (SSSR count). The summed E-state index contributed by atoms with van der Waals surface area (Å²) in [6.45, 7) is 3.67. The number of aromatic nitrogens is 1. The molecule has 0 aliphatic heterocycles. The third-order valence-electron chi connectivity index (χ3n) is 2.45. The van der Waals surface area contributed by atoms with Crippen LogP contribution in [-0.2, 0) is 11.8 Å². The molecular weight excluding hydrogens is 290 g/mol. The third kappa shape index (κ3) is 2.36. The minimum atomic E-state index is -0.572. The van der Waals surface area contributed by atoms with Gasteiger partial charge in [0.05, 0.1) is 18.2 Å². The van der Waals surface area contributed by atoms with Gasteiger partial charge in [-0.3, -0.25) is 4.79 Å². The normalized spacial score (nSPS) is 10.2. The van der Waals surface area contributed by atoms with Gasteiger partial charge >= 0.3 is 5.97 Å². The van der Waals surface area contributed by atoms with Crippen LogP contribution in [0.25, 0.3) is 0 Å². The highest BCUT2D eigenvalue weighted by molar-refractivity contribution is 9.10. The fourth-order valence-electron chi connectivity index (χ4n) is 1.41. The number of hydrogen-bond donors (Lipinski definition) is 0. The van der Waals surface area contributed by atoms with Gasteiger partial charge in [0.2, 0.25) is 0 Å². The molecule has 0 radical (unpaired) electrons. The molecule has 0 unspecified atom stereocenters. The summed E-state index contributed by atoms with van der Waals surface area (Å²) >= 11 is 3.29. The molecule has 1 heterocycles. The Morgan fingerprint density at radius 3 is 2.53 bits per heavy atom. The second-order valence-electron chi connectivity index (χ2n) is 3.39. The van der Waals surface area contributed by atoms with E-state index in [0.29, 0.717) is 10.2 Å². The lowest BCUT2D eigenvalue weighted by molar-refractivity contribution is 0.0520. The molecule has 0 spiro atoms. The average molecular weight is 304 g/mol. The first-order valence-corrected chi connectivity index (χ1v) is 5.85. The van der Waals surface area contributed by atoms with E-state index >= 15 is 0 Å². The van der Waals surface area contributed by atoms with Crippen molar-refractivity contribution in [2.75, 3.05) is 13.7 Å². The number of carbonyl (C=O) groups excluding carboxylic acids is 1. The van der Waals surface area contributed by atoms with Crippen LogP contribution in [0.1, 0.15) is 23.0 Å². The van der Waals surface area contributed by atoms with Crippen LogP contribution >= 0.6 is 15.9 Å². The maximum absolute atomic E-state index is 11.9. The van der Waals surface area contributed by atoms with E-state index in [4.69, 9.17) is 9.47 Å². The van der Waals surface area contributed by atoms with Gasteiger partial charge in [-0.25, -0.2) is 4.79 Å². The Kier molecular flexibility index (Phi) is 4.34. The largest absolute Gasteiger partial charge is 0.490 e. The molecule has 0 saturated carbocycles. The van der Waals surface area contributed by atoms with E-state index in [-0.39, 0.29) is 23.5 Å². The molecule has 0 N–H and O–H groups in total. The van der Waals surface area contributed by atoms with Gasteiger partial charge < -0.3 is 14.0 Å². The zero-order valence-electron chi connectivity index (χ0n) is 10.2. The first kappa shape index (κ1) is 13.8. The van der Waals surface area contributed by atoms with Crippen LogP contribution < -0.4 is 10.3 Å². The van der Waals surface area contributed by atoms with Crippen molar-refractivity contribution in [3.63, 3.8) is 0 Å². The Morgan fingerprint density at radius 2 is 2.06 bits per heavy atom. The van der Waals surface area contributed by atoms with Gasteiger partial charge in [-0.05, 0) is 29.8 Å². The van der Waals surface area contributed by atoms with Crippen molar-refractivity contribution in [3.05, 3.63) is 26.1 Å². The number of hydrogen-bond acceptors (Lipinski definition) is 4. The predicted molar refractivity (Wildman–Crippen MR) is 66.6 cm³/mol. The molecule has 0 aromatic carbocycles. The Hall–Kier alpha value is -1.30. The number of nitrogens with zero attached hydrogens (tertiary/aromatic N) is 1. The molecule has 0 bridgehead atoms. The van der Waals surface area contributed by atoms with Gasteiger partial charge in [0.25, 0.3) is 5.56 Å². The van der Waals surface area contributed by atoms with E-state index in [9.17, 15) is 9.59 Å². The highest BCUT2D eigenvalue weighted by Crippen LogP contribution is 2.27. The fourth-order valence-corrected chi connectivity index (χ4v) is 2.02. The molecule has 0 fully saturated rings. The number of halogens is 1. The molecule has 0 atom stereocenters. The fraction of sp³-hybridized carbons (Fsp3) is 0.455. The summed E-state index contributed by atoms with van der Waals surface area (Å²) < 4.78 is 11.8. The lowest BCUT2D eigenvalue weighted by Crippen LogP contribution is -2.25. The minimum Gasteiger partial charge on any atom is -0.490 e. The Bertz CT molecular complexity index is 507. The smallest absolute Gasteiger partial charge is 0.343 e. The van der Waals surface area contributed by atoms with E-state index in [2.05, 4.69) is 15.9 Å². The molecule has 17 heavy (non-hydrogen) atoms. The van der Waals surface area contributed by atoms with Crippen LogP contribution in [0.4, 0.5) is 0 Å². The zero-order chi connectivity index (χ0) is 13.2. The van der Waals surface area contributed by atoms with Crippen molar-refractivity contribution in [2.45, 2.75) is 13.8 Å². The Labute approximate surface area is 107 Å². The lowest BCUT2D eigenvalue weighted by Gasteiger charge is -2.14. The second kappa shape index (κ2) is 5.35. The lowest BCUT2D eigenvalue weighted by atomic mass is 10.2. The summed E-state index contributed by atoms with van der Waals surface area (Å²) in [5.74, 6) is -0.583. The van der Waals surface area contributed by atoms with Gasteiger partial charge in [-0.1, -0.05) is 0 Å². The van der Waals surface area contributed by atoms with Crippen molar-refractivity contribution in [3.8, 4) is 5.75 Å². The number of methoxy groups -OCH3 is 1. The highest BCUT2D eigenvalue weighted by atomic mass is 79.9. The SMILES string of the molecule is CCOC(=O)c1c(Br)c(C)n(C)c(=O)c1OC. The van der Waals surface area contributed by atoms with Crippen LogP contribution in [0.5, 0.6) is 5.75 Å². The van der Waals surface area contributed by atoms with Crippen molar-refractivity contribution in [1.82, 2.24) is 4.57 Å². The molecule has 1 aromatic heterocycles. The summed E-state index contributed by atoms with van der Waals surface area (Å²) in [7, 11) is 2.96. The summed E-state index contributed by atoms with van der Waals surface area (Å²) in [4.78, 5) is 23.7. The van der Waals surface area contributed by atoms with Gasteiger partial charge in [0.15, 0.2) is 5.75 Å². The standard InChI is InChI=1S/C11H14BrNO4/c1-5-17-11(15)7-8(12)6(2)13(3)10(14)9(7)16-4/h5H2,1-4H3. The maximum Gasteiger partial charge on any atom is 0.343 e. The average Bonchev–Trinajstić information content (AvgIpc) is 2.31. The summed E-state index contributed by atoms with van der Waals surface area (Å²) in [6, 6.07) is 0. The van der Waals surface area contributed by atoms with E-state index in [1.165, 1.54) is 11.7 Å². The van der Waals surface area contributed by atoms with Crippen molar-refractivity contribution >= 4 is 21.9 Å². The second-order valence-corrected chi connectivity index (χ2v) is 4.19. The molecule has 0 aliphatic carbocycles. The third-order valence-corrected chi connectivity index (χ3v) is 3.42. The molecule has 1 aromatic rings. The van der Waals surface area contributed by atoms with Crippen LogP contribution in [0.3, 0.4) is 0 Å². The zero-order valence-corrected chi connectivity index (χ0v) is 11.8. The van der Waals surface area contributed by atoms with Crippen molar-refractivity contribution in [2.24, 2.45) is 7.05 Å². The van der Waals surface area contributed by atoms with E-state index < -0.39 is 5.97 Å². The molecule has 94 valence electrons. The number of esters is 1. The van der Waals surface area contributed by atoms with Crippen LogP contribution in [0.2, 0.25) is 0 Å². The number of carbonyl (C=O) groups is 1. The first-order valence-electron chi connectivity index (χ1n) is 5.05. The molecule has 5 nitrogen and oxygen atoms in total. The van der Waals surface area contributed by atoms with Crippen molar-refractivity contribution < 1.29 is 14.3 Å². The quantitative estimate of drug-likeness (QED) is 0.797. The van der Waals surface area contributed by atoms with Crippen LogP contribution in [0, 0.1) is 6.92 Å². The van der Waals surface area contributed by atoms with Gasteiger partial charge in [-0.15, -0.1) is 0 Å². The summed E-state index contributed by atoms with van der Waals surface area (Å²) in [6.07, 6.45) is 0. The predicted octanol–water partition coefficient (Wildman–Crippen LogP) is 1.64. The number of rotatable bonds is 3. The number of pyridine rings is 1. The molecule has 0 saturated heterocycles. The summed E-state index contributed by atoms with van der Waals surface area (Å²) in [5.41, 5.74) is 0.407. The van der Waals surface area contributed by atoms with Crippen LogP contribution in [-0.4, -0.2) is 24.3 Å². The van der Waals surface area contributed by atoms with E-state index in [0.717, 1.165) is 0 Å². The van der Waals surface area contributed by atoms with Crippen LogP contribution in [0.15, 0.2) is 9.27 Å². The Balaban J connectivity index is 3.58. The first-order chi connectivity index (χ1) is 7.95. The maximum atomic E-state index is 11.9. The Morgan fingerprint density at radius 1 is 1.47 bits per heavy atom. The van der Waals surface area contributed by atoms with Gasteiger partial charge in [0.1, 0.15) is 5.56 Å². The van der Waals surface area contributed by atoms with Gasteiger partial charge in [0, 0.05) is 12.7 Å².